The van der Waals surface area contributed by atoms with Gasteiger partial charge in [-0.1, -0.05) is 32.0 Å². The monoisotopic (exact) mass is 398 g/mol. The third kappa shape index (κ3) is 4.94. The van der Waals surface area contributed by atoms with Crippen LogP contribution in [0.5, 0.6) is 5.75 Å². The van der Waals surface area contributed by atoms with Crippen molar-refractivity contribution in [3.63, 3.8) is 0 Å². The van der Waals surface area contributed by atoms with Crippen LogP contribution in [-0.2, 0) is 4.79 Å². The van der Waals surface area contributed by atoms with Crippen molar-refractivity contribution in [3.05, 3.63) is 65.5 Å². The molecule has 1 saturated heterocycles. The number of para-hydroxylation sites is 1. The van der Waals surface area contributed by atoms with Gasteiger partial charge in [0.1, 0.15) is 11.6 Å². The number of ether oxygens (including phenoxy) is 1. The third-order valence-electron chi connectivity index (χ3n) is 5.16. The smallest absolute Gasteiger partial charge is 0.263 e. The second kappa shape index (κ2) is 9.07. The predicted octanol–water partition coefficient (Wildman–Crippen LogP) is 3.70. The molecule has 6 heteroatoms. The van der Waals surface area contributed by atoms with E-state index in [0.717, 1.165) is 11.3 Å². The standard InChI is InChI=1S/C23H27FN2O3/c1-16(2)20-6-4-5-7-21(20)29-17(3)22(27)25-12-14-26(15-13-25)23(28)18-8-10-19(24)11-9-18/h4-11,16-17H,12-15H2,1-3H3. The van der Waals surface area contributed by atoms with Crippen LogP contribution in [0.2, 0.25) is 0 Å². The highest BCUT2D eigenvalue weighted by molar-refractivity contribution is 5.94. The van der Waals surface area contributed by atoms with Crippen LogP contribution >= 0.6 is 0 Å². The Balaban J connectivity index is 1.57. The summed E-state index contributed by atoms with van der Waals surface area (Å²) in [6, 6.07) is 13.3. The Bertz CT molecular complexity index is 859. The van der Waals surface area contributed by atoms with Crippen molar-refractivity contribution < 1.29 is 18.7 Å². The minimum Gasteiger partial charge on any atom is -0.481 e. The van der Waals surface area contributed by atoms with Gasteiger partial charge in [-0.15, -0.1) is 0 Å². The first-order valence-corrected chi connectivity index (χ1v) is 9.96. The minimum absolute atomic E-state index is 0.0857. The molecular weight excluding hydrogens is 371 g/mol. The molecule has 1 unspecified atom stereocenters. The van der Waals surface area contributed by atoms with Crippen LogP contribution in [0.15, 0.2) is 48.5 Å². The van der Waals surface area contributed by atoms with Crippen molar-refractivity contribution in [3.8, 4) is 5.75 Å². The van der Waals surface area contributed by atoms with Crippen molar-refractivity contribution in [2.45, 2.75) is 32.8 Å². The van der Waals surface area contributed by atoms with Crippen molar-refractivity contribution in [1.29, 1.82) is 0 Å². The third-order valence-corrected chi connectivity index (χ3v) is 5.16. The molecule has 29 heavy (non-hydrogen) atoms. The topological polar surface area (TPSA) is 49.9 Å². The molecule has 2 aromatic carbocycles. The van der Waals surface area contributed by atoms with Crippen molar-refractivity contribution in [2.24, 2.45) is 0 Å². The summed E-state index contributed by atoms with van der Waals surface area (Å²) in [4.78, 5) is 28.8. The Morgan fingerprint density at radius 2 is 1.48 bits per heavy atom. The molecule has 0 bridgehead atoms. The summed E-state index contributed by atoms with van der Waals surface area (Å²) >= 11 is 0. The van der Waals surface area contributed by atoms with Crippen molar-refractivity contribution in [1.82, 2.24) is 9.80 Å². The molecule has 2 aromatic rings. The fourth-order valence-electron chi connectivity index (χ4n) is 3.47. The molecule has 0 saturated carbocycles. The number of amides is 2. The van der Waals surface area contributed by atoms with E-state index in [1.807, 2.05) is 24.3 Å². The summed E-state index contributed by atoms with van der Waals surface area (Å²) in [5.41, 5.74) is 1.52. The largest absolute Gasteiger partial charge is 0.481 e. The van der Waals surface area contributed by atoms with Gasteiger partial charge in [-0.3, -0.25) is 9.59 Å². The van der Waals surface area contributed by atoms with Crippen LogP contribution in [0.25, 0.3) is 0 Å². The number of carbonyl (C=O) groups is 2. The summed E-state index contributed by atoms with van der Waals surface area (Å²) in [7, 11) is 0. The number of hydrogen-bond acceptors (Lipinski definition) is 3. The summed E-state index contributed by atoms with van der Waals surface area (Å²) in [5, 5.41) is 0. The summed E-state index contributed by atoms with van der Waals surface area (Å²) < 4.78 is 19.0. The lowest BCUT2D eigenvalue weighted by atomic mass is 10.0. The lowest BCUT2D eigenvalue weighted by Crippen LogP contribution is -2.53. The average molecular weight is 398 g/mol. The number of nitrogens with zero attached hydrogens (tertiary/aromatic N) is 2. The van der Waals surface area contributed by atoms with Crippen LogP contribution in [0.4, 0.5) is 4.39 Å². The molecule has 1 atom stereocenters. The lowest BCUT2D eigenvalue weighted by molar-refractivity contribution is -0.139. The van der Waals surface area contributed by atoms with Crippen LogP contribution in [-0.4, -0.2) is 53.9 Å². The van der Waals surface area contributed by atoms with Gasteiger partial charge in [0.25, 0.3) is 11.8 Å². The average Bonchev–Trinajstić information content (AvgIpc) is 2.73. The first-order valence-electron chi connectivity index (χ1n) is 9.96. The second-order valence-electron chi connectivity index (χ2n) is 7.58. The van der Waals surface area contributed by atoms with Crippen LogP contribution in [0, 0.1) is 5.82 Å². The molecule has 2 amide bonds. The molecule has 1 fully saturated rings. The zero-order valence-electron chi connectivity index (χ0n) is 17.1. The zero-order chi connectivity index (χ0) is 21.0. The molecular formula is C23H27FN2O3. The SMILES string of the molecule is CC(Oc1ccccc1C(C)C)C(=O)N1CCN(C(=O)c2ccc(F)cc2)CC1. The van der Waals surface area contributed by atoms with E-state index in [-0.39, 0.29) is 17.6 Å². The summed E-state index contributed by atoms with van der Waals surface area (Å²) in [5.74, 6) is 0.428. The molecule has 5 nitrogen and oxygen atoms in total. The number of hydrogen-bond donors (Lipinski definition) is 0. The number of carbonyl (C=O) groups excluding carboxylic acids is 2. The van der Waals surface area contributed by atoms with Gasteiger partial charge < -0.3 is 14.5 Å². The Kier molecular flexibility index (Phi) is 6.52. The van der Waals surface area contributed by atoms with Gasteiger partial charge in [-0.2, -0.15) is 0 Å². The normalized spacial score (nSPS) is 15.3. The molecule has 0 spiro atoms. The predicted molar refractivity (Wildman–Crippen MR) is 110 cm³/mol. The number of halogens is 1. The maximum atomic E-state index is 13.1. The van der Waals surface area contributed by atoms with Gasteiger partial charge in [-0.25, -0.2) is 4.39 Å². The van der Waals surface area contributed by atoms with E-state index in [1.54, 1.807) is 16.7 Å². The summed E-state index contributed by atoms with van der Waals surface area (Å²) in [6.07, 6.45) is -0.603. The number of piperazine rings is 1. The molecule has 1 aliphatic heterocycles. The second-order valence-corrected chi connectivity index (χ2v) is 7.58. The quantitative estimate of drug-likeness (QED) is 0.772. The molecule has 0 radical (unpaired) electrons. The lowest BCUT2D eigenvalue weighted by Gasteiger charge is -2.36. The molecule has 154 valence electrons. The highest BCUT2D eigenvalue weighted by atomic mass is 19.1. The fraction of sp³-hybridized carbons (Fsp3) is 0.391. The van der Waals surface area contributed by atoms with Crippen molar-refractivity contribution >= 4 is 11.8 Å². The first kappa shape index (κ1) is 20.8. The minimum atomic E-state index is -0.603. The van der Waals surface area contributed by atoms with E-state index >= 15 is 0 Å². The molecule has 0 aromatic heterocycles. The number of benzene rings is 2. The Morgan fingerprint density at radius 1 is 0.897 bits per heavy atom. The number of rotatable bonds is 5. The summed E-state index contributed by atoms with van der Waals surface area (Å²) in [6.45, 7) is 7.72. The Morgan fingerprint density at radius 3 is 2.10 bits per heavy atom. The van der Waals surface area contributed by atoms with Crippen molar-refractivity contribution in [2.75, 3.05) is 26.2 Å². The van der Waals surface area contributed by atoms with Crippen LogP contribution in [0.1, 0.15) is 42.6 Å². The van der Waals surface area contributed by atoms with E-state index < -0.39 is 6.10 Å². The Hall–Kier alpha value is -2.89. The van der Waals surface area contributed by atoms with Gasteiger partial charge >= 0.3 is 0 Å². The van der Waals surface area contributed by atoms with Crippen LogP contribution in [0.3, 0.4) is 0 Å². The van der Waals surface area contributed by atoms with E-state index in [0.29, 0.717) is 37.7 Å². The van der Waals surface area contributed by atoms with Gasteiger partial charge in [-0.05, 0) is 48.7 Å². The maximum absolute atomic E-state index is 13.1. The maximum Gasteiger partial charge on any atom is 0.263 e. The van der Waals surface area contributed by atoms with Gasteiger partial charge in [0.05, 0.1) is 0 Å². The van der Waals surface area contributed by atoms with Gasteiger partial charge in [0.15, 0.2) is 6.10 Å². The van der Waals surface area contributed by atoms with Crippen LogP contribution < -0.4 is 4.74 Å². The first-order chi connectivity index (χ1) is 13.9. The zero-order valence-corrected chi connectivity index (χ0v) is 17.1. The molecule has 1 aliphatic rings. The molecule has 1 heterocycles. The van der Waals surface area contributed by atoms with Gasteiger partial charge in [0.2, 0.25) is 0 Å². The van der Waals surface area contributed by atoms with E-state index in [9.17, 15) is 14.0 Å². The highest BCUT2D eigenvalue weighted by Gasteiger charge is 2.28. The molecule has 0 N–H and O–H groups in total. The van der Waals surface area contributed by atoms with Gasteiger partial charge in [0, 0.05) is 31.7 Å². The van der Waals surface area contributed by atoms with E-state index in [4.69, 9.17) is 4.74 Å². The van der Waals surface area contributed by atoms with E-state index in [2.05, 4.69) is 13.8 Å². The highest BCUT2D eigenvalue weighted by Crippen LogP contribution is 2.27. The molecule has 0 aliphatic carbocycles. The fourth-order valence-corrected chi connectivity index (χ4v) is 3.47. The van der Waals surface area contributed by atoms with E-state index in [1.165, 1.54) is 24.3 Å². The molecule has 3 rings (SSSR count). The Labute approximate surface area is 171 Å².